The van der Waals surface area contributed by atoms with Gasteiger partial charge in [-0.3, -0.25) is 4.79 Å². The molecule has 1 atom stereocenters. The Balaban J connectivity index is 1.85. The maximum Gasteiger partial charge on any atom is 0.222 e. The van der Waals surface area contributed by atoms with E-state index in [-0.39, 0.29) is 5.91 Å². The number of nitrogens with one attached hydrogen (secondary N) is 1. The van der Waals surface area contributed by atoms with Crippen molar-refractivity contribution in [3.8, 4) is 0 Å². The van der Waals surface area contributed by atoms with Crippen molar-refractivity contribution in [2.45, 2.75) is 46.1 Å². The molecule has 0 bridgehead atoms. The van der Waals surface area contributed by atoms with Crippen LogP contribution in [0.1, 0.15) is 39.4 Å². The lowest BCUT2D eigenvalue weighted by atomic mass is 10.1. The summed E-state index contributed by atoms with van der Waals surface area (Å²) in [6, 6.07) is 0.315. The highest BCUT2D eigenvalue weighted by Crippen LogP contribution is 2.19. The zero-order valence-electron chi connectivity index (χ0n) is 11.8. The third-order valence-electron chi connectivity index (χ3n) is 3.23. The maximum absolute atomic E-state index is 11.6. The van der Waals surface area contributed by atoms with Crippen molar-refractivity contribution < 1.29 is 4.79 Å². The molecule has 1 aromatic rings. The number of anilines is 1. The second-order valence-electron chi connectivity index (χ2n) is 5.44. The monoisotopic (exact) mass is 282 g/mol. The van der Waals surface area contributed by atoms with Crippen LogP contribution in [0.25, 0.3) is 0 Å². The van der Waals surface area contributed by atoms with Crippen LogP contribution in [0.5, 0.6) is 0 Å². The van der Waals surface area contributed by atoms with Gasteiger partial charge in [-0.15, -0.1) is 0 Å². The van der Waals surface area contributed by atoms with Gasteiger partial charge in [0.1, 0.15) is 5.82 Å². The molecule has 1 unspecified atom stereocenters. The number of hydrogen-bond donors (Lipinski definition) is 1. The molecule has 1 aromatic heterocycles. The molecule has 1 N–H and O–H groups in total. The van der Waals surface area contributed by atoms with Crippen LogP contribution >= 0.6 is 11.5 Å². The minimum absolute atomic E-state index is 0.238. The Labute approximate surface area is 118 Å². The molecule has 0 radical (unpaired) electrons. The number of rotatable bonds is 5. The number of hydrogen-bond acceptors (Lipinski definition) is 5. The van der Waals surface area contributed by atoms with E-state index < -0.39 is 0 Å². The number of aromatic nitrogens is 2. The molecule has 1 fully saturated rings. The van der Waals surface area contributed by atoms with Gasteiger partial charge in [0.2, 0.25) is 11.0 Å². The average Bonchev–Trinajstić information content (AvgIpc) is 2.98. The predicted molar refractivity (Wildman–Crippen MR) is 77.3 cm³/mol. The lowest BCUT2D eigenvalue weighted by Crippen LogP contribution is -2.30. The molecule has 0 aromatic carbocycles. The Morgan fingerprint density at radius 3 is 3.05 bits per heavy atom. The molecule has 19 heavy (non-hydrogen) atoms. The molecular formula is C13H22N4OS. The van der Waals surface area contributed by atoms with Gasteiger partial charge in [0.15, 0.2) is 0 Å². The molecule has 1 amide bonds. The van der Waals surface area contributed by atoms with Crippen LogP contribution in [0, 0.1) is 5.92 Å². The number of carbonyl (C=O) groups excluding carboxylic acids is 1. The van der Waals surface area contributed by atoms with Crippen LogP contribution in [-0.4, -0.2) is 39.3 Å². The highest BCUT2D eigenvalue weighted by Gasteiger charge is 2.25. The second-order valence-corrected chi connectivity index (χ2v) is 6.19. The normalized spacial score (nSPS) is 19.2. The van der Waals surface area contributed by atoms with E-state index in [9.17, 15) is 4.79 Å². The fourth-order valence-corrected chi connectivity index (χ4v) is 2.94. The minimum atomic E-state index is 0.238. The van der Waals surface area contributed by atoms with Crippen LogP contribution < -0.4 is 5.32 Å². The number of carbonyl (C=O) groups is 1. The van der Waals surface area contributed by atoms with Crippen LogP contribution in [-0.2, 0) is 11.2 Å². The molecule has 1 aliphatic rings. The number of nitrogens with zero attached hydrogens (tertiary/aromatic N) is 3. The van der Waals surface area contributed by atoms with Crippen molar-refractivity contribution in [1.82, 2.24) is 14.3 Å². The molecule has 5 nitrogen and oxygen atoms in total. The Kier molecular flexibility index (Phi) is 4.74. The van der Waals surface area contributed by atoms with Gasteiger partial charge in [-0.2, -0.15) is 4.37 Å². The molecule has 0 aliphatic carbocycles. The summed E-state index contributed by atoms with van der Waals surface area (Å²) in [5.41, 5.74) is 0. The Hall–Kier alpha value is -1.17. The van der Waals surface area contributed by atoms with Crippen molar-refractivity contribution in [3.05, 3.63) is 5.82 Å². The van der Waals surface area contributed by atoms with E-state index in [2.05, 4.69) is 28.5 Å². The largest absolute Gasteiger partial charge is 0.356 e. The van der Waals surface area contributed by atoms with Gasteiger partial charge in [0.05, 0.1) is 0 Å². The zero-order valence-corrected chi connectivity index (χ0v) is 12.7. The molecular weight excluding hydrogens is 260 g/mol. The van der Waals surface area contributed by atoms with E-state index in [1.165, 1.54) is 11.5 Å². The van der Waals surface area contributed by atoms with Crippen LogP contribution in [0.15, 0.2) is 0 Å². The van der Waals surface area contributed by atoms with Crippen LogP contribution in [0.3, 0.4) is 0 Å². The molecule has 0 spiro atoms. The van der Waals surface area contributed by atoms with Gasteiger partial charge in [0, 0.05) is 43.5 Å². The van der Waals surface area contributed by atoms with Gasteiger partial charge < -0.3 is 10.2 Å². The van der Waals surface area contributed by atoms with Crippen molar-refractivity contribution >= 4 is 22.6 Å². The van der Waals surface area contributed by atoms with Crippen molar-refractivity contribution in [3.63, 3.8) is 0 Å². The minimum Gasteiger partial charge on any atom is -0.356 e. The van der Waals surface area contributed by atoms with E-state index in [1.54, 1.807) is 0 Å². The van der Waals surface area contributed by atoms with Gasteiger partial charge >= 0.3 is 0 Å². The summed E-state index contributed by atoms with van der Waals surface area (Å²) >= 11 is 1.42. The standard InChI is InChI=1S/C13H22N4OS/c1-4-12(18)17-6-5-10(8-17)14-13-15-11(16-19-13)7-9(2)3/h9-10H,4-8H2,1-3H3,(H,14,15,16). The van der Waals surface area contributed by atoms with E-state index in [1.807, 2.05) is 11.8 Å². The summed E-state index contributed by atoms with van der Waals surface area (Å²) in [5, 5.41) is 4.28. The quantitative estimate of drug-likeness (QED) is 0.899. The van der Waals surface area contributed by atoms with E-state index in [0.29, 0.717) is 18.4 Å². The van der Waals surface area contributed by atoms with Crippen molar-refractivity contribution in [1.29, 1.82) is 0 Å². The summed E-state index contributed by atoms with van der Waals surface area (Å²) in [4.78, 5) is 18.0. The molecule has 6 heteroatoms. The molecule has 2 rings (SSSR count). The first kappa shape index (κ1) is 14.2. The fourth-order valence-electron chi connectivity index (χ4n) is 2.26. The maximum atomic E-state index is 11.6. The highest BCUT2D eigenvalue weighted by molar-refractivity contribution is 7.09. The Morgan fingerprint density at radius 1 is 1.58 bits per heavy atom. The van der Waals surface area contributed by atoms with Gasteiger partial charge in [0.25, 0.3) is 0 Å². The van der Waals surface area contributed by atoms with E-state index in [4.69, 9.17) is 0 Å². The van der Waals surface area contributed by atoms with Crippen molar-refractivity contribution in [2.24, 2.45) is 5.92 Å². The summed E-state index contributed by atoms with van der Waals surface area (Å²) in [7, 11) is 0. The lowest BCUT2D eigenvalue weighted by molar-refractivity contribution is -0.129. The highest BCUT2D eigenvalue weighted by atomic mass is 32.1. The summed E-state index contributed by atoms with van der Waals surface area (Å²) in [6.07, 6.45) is 2.50. The average molecular weight is 282 g/mol. The van der Waals surface area contributed by atoms with Gasteiger partial charge in [-0.1, -0.05) is 20.8 Å². The van der Waals surface area contributed by atoms with Crippen molar-refractivity contribution in [2.75, 3.05) is 18.4 Å². The zero-order chi connectivity index (χ0) is 13.8. The topological polar surface area (TPSA) is 58.1 Å². The molecule has 1 saturated heterocycles. The molecule has 0 saturated carbocycles. The summed E-state index contributed by atoms with van der Waals surface area (Å²) in [5.74, 6) is 1.73. The Bertz CT molecular complexity index is 432. The van der Waals surface area contributed by atoms with Crippen LogP contribution in [0.2, 0.25) is 0 Å². The molecule has 1 aliphatic heterocycles. The first-order valence-electron chi connectivity index (χ1n) is 6.95. The predicted octanol–water partition coefficient (Wildman–Crippen LogP) is 2.16. The fraction of sp³-hybridized carbons (Fsp3) is 0.769. The molecule has 106 valence electrons. The van der Waals surface area contributed by atoms with Crippen LogP contribution in [0.4, 0.5) is 5.13 Å². The van der Waals surface area contributed by atoms with Gasteiger partial charge in [-0.05, 0) is 12.3 Å². The summed E-state index contributed by atoms with van der Waals surface area (Å²) < 4.78 is 4.36. The smallest absolute Gasteiger partial charge is 0.222 e. The Morgan fingerprint density at radius 2 is 2.37 bits per heavy atom. The lowest BCUT2D eigenvalue weighted by Gasteiger charge is -2.15. The number of amides is 1. The number of likely N-dealkylation sites (tertiary alicyclic amines) is 1. The van der Waals surface area contributed by atoms with Gasteiger partial charge in [-0.25, -0.2) is 4.98 Å². The first-order chi connectivity index (χ1) is 9.08. The third-order valence-corrected chi connectivity index (χ3v) is 3.91. The molecule has 2 heterocycles. The van der Waals surface area contributed by atoms with E-state index >= 15 is 0 Å². The third kappa shape index (κ3) is 3.89. The first-order valence-corrected chi connectivity index (χ1v) is 7.72. The summed E-state index contributed by atoms with van der Waals surface area (Å²) in [6.45, 7) is 7.87. The SMILES string of the molecule is CCC(=O)N1CCC(Nc2nc(CC(C)C)ns2)C1. The van der Waals surface area contributed by atoms with E-state index in [0.717, 1.165) is 36.9 Å². The second kappa shape index (κ2) is 6.32.